The van der Waals surface area contributed by atoms with Gasteiger partial charge in [-0.1, -0.05) is 18.2 Å². The molecule has 1 N–H and O–H groups in total. The summed E-state index contributed by atoms with van der Waals surface area (Å²) in [4.78, 5) is 0. The molecule has 2 aromatic rings. The fraction of sp³-hybridized carbons (Fsp3) is 0.182. The lowest BCUT2D eigenvalue weighted by Crippen LogP contribution is -2.18. The molecule has 0 aliphatic carbocycles. The Balaban J connectivity index is 2.43. The van der Waals surface area contributed by atoms with E-state index in [1.807, 2.05) is 24.3 Å². The topological polar surface area (TPSA) is 51.2 Å². The molecular formula is C11H10N2O2. The first-order valence-electron chi connectivity index (χ1n) is 4.87. The minimum atomic E-state index is 0.459. The van der Waals surface area contributed by atoms with E-state index in [-0.39, 0.29) is 0 Å². The van der Waals surface area contributed by atoms with Gasteiger partial charge in [0.25, 0.3) is 0 Å². The molecule has 0 saturated heterocycles. The molecule has 0 saturated carbocycles. The van der Waals surface area contributed by atoms with Crippen LogP contribution in [0.3, 0.4) is 0 Å². The van der Waals surface area contributed by atoms with Gasteiger partial charge in [0.1, 0.15) is 5.69 Å². The van der Waals surface area contributed by atoms with E-state index in [1.165, 1.54) is 6.21 Å². The van der Waals surface area contributed by atoms with E-state index in [0.29, 0.717) is 18.7 Å². The van der Waals surface area contributed by atoms with Crippen LogP contribution in [0.25, 0.3) is 10.9 Å². The summed E-state index contributed by atoms with van der Waals surface area (Å²) in [5.41, 5.74) is 2.42. The van der Waals surface area contributed by atoms with Gasteiger partial charge in [-0.05, 0) is 6.07 Å². The minimum absolute atomic E-state index is 0.459. The van der Waals surface area contributed by atoms with E-state index in [4.69, 9.17) is 0 Å². The molecule has 3 rings (SSSR count). The van der Waals surface area contributed by atoms with Crippen molar-refractivity contribution < 1.29 is 9.95 Å². The average molecular weight is 202 g/mol. The summed E-state index contributed by atoms with van der Waals surface area (Å²) in [6, 6.07) is 7.62. The second kappa shape index (κ2) is 2.76. The van der Waals surface area contributed by atoms with Gasteiger partial charge < -0.3 is 10.4 Å². The van der Waals surface area contributed by atoms with Crippen LogP contribution in [-0.2, 0) is 6.42 Å². The Labute approximate surface area is 86.2 Å². The highest BCUT2D eigenvalue weighted by molar-refractivity contribution is 5.93. The van der Waals surface area contributed by atoms with Crippen molar-refractivity contribution in [2.75, 3.05) is 6.54 Å². The Morgan fingerprint density at radius 1 is 1.33 bits per heavy atom. The molecule has 0 amide bonds. The standard InChI is InChI=1S/C11H10N2O2/c14-12-6-5-9-8-3-1-2-4-10(8)13(15)11(9)7-12/h1-4,7,15H,5-6H2. The van der Waals surface area contributed by atoms with Crippen LogP contribution in [-0.4, -0.2) is 27.4 Å². The number of para-hydroxylation sites is 1. The van der Waals surface area contributed by atoms with Gasteiger partial charge in [-0.25, -0.2) is 4.74 Å². The van der Waals surface area contributed by atoms with Gasteiger partial charge in [0, 0.05) is 17.4 Å². The van der Waals surface area contributed by atoms with Gasteiger partial charge in [-0.3, -0.25) is 0 Å². The number of aromatic nitrogens is 1. The largest absolute Gasteiger partial charge is 0.624 e. The summed E-state index contributed by atoms with van der Waals surface area (Å²) >= 11 is 0. The third kappa shape index (κ3) is 1.05. The maximum Gasteiger partial charge on any atom is 0.202 e. The summed E-state index contributed by atoms with van der Waals surface area (Å²) < 4.78 is 1.95. The van der Waals surface area contributed by atoms with E-state index in [1.54, 1.807) is 0 Å². The lowest BCUT2D eigenvalue weighted by molar-refractivity contribution is -0.453. The maximum atomic E-state index is 11.2. The maximum absolute atomic E-state index is 11.2. The Kier molecular flexibility index (Phi) is 1.54. The molecule has 0 spiro atoms. The molecule has 1 aromatic heterocycles. The zero-order valence-corrected chi connectivity index (χ0v) is 8.05. The van der Waals surface area contributed by atoms with E-state index in [0.717, 1.165) is 25.9 Å². The number of hydrogen-bond acceptors (Lipinski definition) is 2. The van der Waals surface area contributed by atoms with Crippen molar-refractivity contribution >= 4 is 17.1 Å². The summed E-state index contributed by atoms with van der Waals surface area (Å²) in [7, 11) is 0. The van der Waals surface area contributed by atoms with Gasteiger partial charge in [0.15, 0.2) is 6.54 Å². The van der Waals surface area contributed by atoms with Crippen molar-refractivity contribution in [1.29, 1.82) is 0 Å². The van der Waals surface area contributed by atoms with Crippen LogP contribution < -0.4 is 0 Å². The third-order valence-electron chi connectivity index (χ3n) is 2.84. The molecule has 0 atom stereocenters. The number of benzene rings is 1. The van der Waals surface area contributed by atoms with E-state index in [9.17, 15) is 10.4 Å². The Hall–Kier alpha value is -1.97. The molecule has 1 aliphatic rings. The molecule has 4 nitrogen and oxygen atoms in total. The fourth-order valence-electron chi connectivity index (χ4n) is 2.13. The van der Waals surface area contributed by atoms with Crippen LogP contribution in [0.5, 0.6) is 0 Å². The minimum Gasteiger partial charge on any atom is -0.624 e. The molecule has 1 aromatic carbocycles. The molecule has 4 heteroatoms. The first-order valence-corrected chi connectivity index (χ1v) is 4.87. The average Bonchev–Trinajstić information content (AvgIpc) is 2.54. The Morgan fingerprint density at radius 3 is 3.00 bits per heavy atom. The van der Waals surface area contributed by atoms with Gasteiger partial charge in [0.2, 0.25) is 6.21 Å². The number of hydrogen-bond donors (Lipinski definition) is 1. The summed E-state index contributed by atoms with van der Waals surface area (Å²) in [5.74, 6) is 0. The van der Waals surface area contributed by atoms with Crippen molar-refractivity contribution in [3.05, 3.63) is 40.7 Å². The van der Waals surface area contributed by atoms with Crippen LogP contribution >= 0.6 is 0 Å². The summed E-state index contributed by atoms with van der Waals surface area (Å²) in [5, 5.41) is 22.1. The van der Waals surface area contributed by atoms with Crippen LogP contribution in [0, 0.1) is 5.21 Å². The lowest BCUT2D eigenvalue weighted by atomic mass is 10.1. The molecule has 0 radical (unpaired) electrons. The first kappa shape index (κ1) is 8.35. The SMILES string of the molecule is [O-][N+]1=Cc2c(c3ccccc3n2O)CC1. The molecule has 0 unspecified atom stereocenters. The Bertz CT molecular complexity index is 569. The highest BCUT2D eigenvalue weighted by Gasteiger charge is 2.21. The Morgan fingerprint density at radius 2 is 2.13 bits per heavy atom. The van der Waals surface area contributed by atoms with Crippen molar-refractivity contribution in [3.8, 4) is 0 Å². The van der Waals surface area contributed by atoms with Crippen molar-refractivity contribution in [2.45, 2.75) is 6.42 Å². The number of rotatable bonds is 0. The molecule has 0 bridgehead atoms. The summed E-state index contributed by atoms with van der Waals surface area (Å²) in [6.45, 7) is 0.459. The van der Waals surface area contributed by atoms with Crippen LogP contribution in [0.1, 0.15) is 11.3 Å². The lowest BCUT2D eigenvalue weighted by Gasteiger charge is -2.09. The zero-order chi connectivity index (χ0) is 10.4. The van der Waals surface area contributed by atoms with Gasteiger partial charge in [-0.15, -0.1) is 0 Å². The van der Waals surface area contributed by atoms with E-state index in [2.05, 4.69) is 0 Å². The zero-order valence-electron chi connectivity index (χ0n) is 8.05. The third-order valence-corrected chi connectivity index (χ3v) is 2.84. The van der Waals surface area contributed by atoms with Crippen molar-refractivity contribution in [2.24, 2.45) is 0 Å². The van der Waals surface area contributed by atoms with E-state index < -0.39 is 0 Å². The molecule has 76 valence electrons. The van der Waals surface area contributed by atoms with Crippen molar-refractivity contribution in [3.63, 3.8) is 0 Å². The normalized spacial score (nSPS) is 15.1. The number of hydroxylamine groups is 1. The van der Waals surface area contributed by atoms with Gasteiger partial charge in [-0.2, -0.15) is 4.73 Å². The molecular weight excluding hydrogens is 192 g/mol. The quantitative estimate of drug-likeness (QED) is 0.398. The molecule has 0 fully saturated rings. The predicted molar refractivity (Wildman–Crippen MR) is 56.5 cm³/mol. The van der Waals surface area contributed by atoms with Crippen LogP contribution in [0.2, 0.25) is 0 Å². The second-order valence-corrected chi connectivity index (χ2v) is 3.71. The van der Waals surface area contributed by atoms with Crippen LogP contribution in [0.4, 0.5) is 0 Å². The first-order chi connectivity index (χ1) is 7.27. The smallest absolute Gasteiger partial charge is 0.202 e. The highest BCUT2D eigenvalue weighted by Crippen LogP contribution is 2.25. The van der Waals surface area contributed by atoms with Gasteiger partial charge >= 0.3 is 0 Å². The number of nitrogens with zero attached hydrogens (tertiary/aromatic N) is 2. The van der Waals surface area contributed by atoms with Crippen molar-refractivity contribution in [1.82, 2.24) is 4.73 Å². The van der Waals surface area contributed by atoms with Gasteiger partial charge in [0.05, 0.1) is 5.52 Å². The summed E-state index contributed by atoms with van der Waals surface area (Å²) in [6.07, 6.45) is 2.13. The molecule has 2 heterocycles. The van der Waals surface area contributed by atoms with Crippen LogP contribution in [0.15, 0.2) is 24.3 Å². The second-order valence-electron chi connectivity index (χ2n) is 3.71. The van der Waals surface area contributed by atoms with E-state index >= 15 is 0 Å². The monoisotopic (exact) mass is 202 g/mol. The predicted octanol–water partition coefficient (Wildman–Crippen LogP) is 1.36. The molecule has 1 aliphatic heterocycles. The fourth-order valence-corrected chi connectivity index (χ4v) is 2.13. The number of fused-ring (bicyclic) bond motifs is 3. The molecule has 15 heavy (non-hydrogen) atoms. The highest BCUT2D eigenvalue weighted by atomic mass is 16.5.